The van der Waals surface area contributed by atoms with Gasteiger partial charge >= 0.3 is 5.97 Å². The van der Waals surface area contributed by atoms with Gasteiger partial charge in [-0.05, 0) is 102 Å². The number of carboxylic acid groups (broad SMARTS) is 1. The molecule has 0 aliphatic heterocycles. The zero-order valence-electron chi connectivity index (χ0n) is 20.9. The molecule has 9 heteroatoms. The molecule has 3 atom stereocenters. The molecule has 8 nitrogen and oxygen atoms in total. The maximum absolute atomic E-state index is 15.2. The van der Waals surface area contributed by atoms with Crippen molar-refractivity contribution in [3.05, 3.63) is 76.2 Å². The number of hydrogen-bond donors (Lipinski definition) is 2. The molecule has 2 N–H and O–H groups in total. The molecule has 4 aromatic rings. The molecule has 2 aliphatic rings. The third kappa shape index (κ3) is 4.14. The number of aryl methyl sites for hydroxylation is 3. The van der Waals surface area contributed by atoms with Crippen LogP contribution in [-0.2, 0) is 18.3 Å². The Morgan fingerprint density at radius 2 is 1.95 bits per heavy atom. The number of halogens is 1. The van der Waals surface area contributed by atoms with E-state index in [4.69, 9.17) is 0 Å². The fourth-order valence-electron chi connectivity index (χ4n) is 5.74. The maximum atomic E-state index is 15.2. The van der Waals surface area contributed by atoms with E-state index in [2.05, 4.69) is 51.7 Å². The number of nitrogens with zero attached hydrogens (tertiary/aromatic N) is 5. The number of nitrogens with one attached hydrogen (secondary N) is 1. The largest absolute Gasteiger partial charge is 0.481 e. The standard InChI is InChI=1S/C28H27FN6O2/c1-14-10-17(27-32-34-35(3)33-27)11-15(2)25(14)18-5-7-22(29)26-19(18)6-8-23(26)31-24-9-4-16(13-30-24)20-12-21(20)28(36)37/h4-5,7,9-11,13,20-21,23H,6,8,12H2,1-3H3,(H,30,31)(H,36,37)/t20?,21?,23-/m1/s1. The Balaban J connectivity index is 1.29. The van der Waals surface area contributed by atoms with Crippen molar-refractivity contribution in [1.29, 1.82) is 0 Å². The summed E-state index contributed by atoms with van der Waals surface area (Å²) in [5, 5.41) is 25.0. The summed E-state index contributed by atoms with van der Waals surface area (Å²) < 4.78 is 15.2. The van der Waals surface area contributed by atoms with E-state index in [9.17, 15) is 9.90 Å². The van der Waals surface area contributed by atoms with E-state index in [1.165, 1.54) is 4.80 Å². The highest BCUT2D eigenvalue weighted by atomic mass is 19.1. The summed E-state index contributed by atoms with van der Waals surface area (Å²) in [6.45, 7) is 4.12. The van der Waals surface area contributed by atoms with Gasteiger partial charge in [-0.25, -0.2) is 9.37 Å². The Kier molecular flexibility index (Phi) is 5.51. The number of fused-ring (bicyclic) bond motifs is 1. The Morgan fingerprint density at radius 1 is 1.16 bits per heavy atom. The average Bonchev–Trinajstić information content (AvgIpc) is 3.38. The van der Waals surface area contributed by atoms with E-state index < -0.39 is 5.97 Å². The van der Waals surface area contributed by atoms with Crippen molar-refractivity contribution in [2.75, 3.05) is 5.32 Å². The predicted molar refractivity (Wildman–Crippen MR) is 137 cm³/mol. The number of carbonyl (C=O) groups is 1. The summed E-state index contributed by atoms with van der Waals surface area (Å²) in [5.41, 5.74) is 7.85. The van der Waals surface area contributed by atoms with Gasteiger partial charge < -0.3 is 10.4 Å². The lowest BCUT2D eigenvalue weighted by molar-refractivity contribution is -0.138. The average molecular weight is 499 g/mol. The van der Waals surface area contributed by atoms with Gasteiger partial charge in [0.2, 0.25) is 5.82 Å². The van der Waals surface area contributed by atoms with Crippen LogP contribution < -0.4 is 5.32 Å². The van der Waals surface area contributed by atoms with Gasteiger partial charge in [0.25, 0.3) is 0 Å². The summed E-state index contributed by atoms with van der Waals surface area (Å²) in [6.07, 6.45) is 3.91. The summed E-state index contributed by atoms with van der Waals surface area (Å²) >= 11 is 0. The van der Waals surface area contributed by atoms with Gasteiger partial charge in [0.05, 0.1) is 19.0 Å². The van der Waals surface area contributed by atoms with E-state index >= 15 is 4.39 Å². The first-order valence-electron chi connectivity index (χ1n) is 12.4. The maximum Gasteiger partial charge on any atom is 0.307 e. The third-order valence-corrected chi connectivity index (χ3v) is 7.55. The highest BCUT2D eigenvalue weighted by Gasteiger charge is 2.44. The van der Waals surface area contributed by atoms with Crippen LogP contribution in [0.25, 0.3) is 22.5 Å². The van der Waals surface area contributed by atoms with Crippen LogP contribution in [0.3, 0.4) is 0 Å². The zero-order chi connectivity index (χ0) is 25.8. The molecule has 2 heterocycles. The second-order valence-electron chi connectivity index (χ2n) is 10.1. The number of rotatable bonds is 6. The van der Waals surface area contributed by atoms with Crippen LogP contribution in [0.5, 0.6) is 0 Å². The van der Waals surface area contributed by atoms with Gasteiger partial charge in [0.1, 0.15) is 11.6 Å². The van der Waals surface area contributed by atoms with Gasteiger partial charge in [-0.3, -0.25) is 4.79 Å². The number of tetrazole rings is 1. The predicted octanol–water partition coefficient (Wildman–Crippen LogP) is 4.98. The second kappa shape index (κ2) is 8.76. The molecule has 2 unspecified atom stereocenters. The molecule has 37 heavy (non-hydrogen) atoms. The SMILES string of the molecule is Cc1cc(-c2nnn(C)n2)cc(C)c1-c1ccc(F)c2c1CC[C@H]2Nc1ccc(C2CC2C(=O)O)cn1. The van der Waals surface area contributed by atoms with E-state index in [-0.39, 0.29) is 23.7 Å². The lowest BCUT2D eigenvalue weighted by atomic mass is 9.89. The molecule has 6 rings (SSSR count). The molecule has 0 bridgehead atoms. The van der Waals surface area contributed by atoms with Crippen LogP contribution in [0.4, 0.5) is 10.2 Å². The summed E-state index contributed by atoms with van der Waals surface area (Å²) in [4.78, 5) is 17.1. The number of carboxylic acids is 1. The molecule has 188 valence electrons. The van der Waals surface area contributed by atoms with Crippen molar-refractivity contribution in [3.8, 4) is 22.5 Å². The minimum Gasteiger partial charge on any atom is -0.481 e. The van der Waals surface area contributed by atoms with Crippen molar-refractivity contribution in [3.63, 3.8) is 0 Å². The van der Waals surface area contributed by atoms with E-state index in [1.54, 1.807) is 19.3 Å². The molecule has 0 saturated heterocycles. The van der Waals surface area contributed by atoms with Crippen molar-refractivity contribution in [2.24, 2.45) is 13.0 Å². The molecule has 1 saturated carbocycles. The number of aliphatic carboxylic acids is 1. The Morgan fingerprint density at radius 3 is 2.57 bits per heavy atom. The van der Waals surface area contributed by atoms with Crippen molar-refractivity contribution in [1.82, 2.24) is 25.2 Å². The van der Waals surface area contributed by atoms with Crippen LogP contribution in [-0.4, -0.2) is 36.3 Å². The van der Waals surface area contributed by atoms with Crippen molar-refractivity contribution < 1.29 is 14.3 Å². The fraction of sp³-hybridized carbons (Fsp3) is 0.321. The molecule has 2 aromatic carbocycles. The van der Waals surface area contributed by atoms with Gasteiger partial charge in [-0.15, -0.1) is 10.2 Å². The number of hydrogen-bond acceptors (Lipinski definition) is 6. The monoisotopic (exact) mass is 498 g/mol. The first kappa shape index (κ1) is 23.3. The lowest BCUT2D eigenvalue weighted by Gasteiger charge is -2.19. The molecule has 0 spiro atoms. The highest BCUT2D eigenvalue weighted by Crippen LogP contribution is 2.48. The van der Waals surface area contributed by atoms with Crippen LogP contribution in [0, 0.1) is 25.6 Å². The van der Waals surface area contributed by atoms with Crippen molar-refractivity contribution >= 4 is 11.8 Å². The fourth-order valence-corrected chi connectivity index (χ4v) is 5.74. The molecule has 2 aromatic heterocycles. The molecular weight excluding hydrogens is 471 g/mol. The normalized spacial score (nSPS) is 20.1. The molecule has 1 fully saturated rings. The summed E-state index contributed by atoms with van der Waals surface area (Å²) in [6, 6.07) is 11.1. The highest BCUT2D eigenvalue weighted by molar-refractivity contribution is 5.79. The van der Waals surface area contributed by atoms with Gasteiger partial charge in [0, 0.05) is 17.3 Å². The zero-order valence-corrected chi connectivity index (χ0v) is 20.9. The van der Waals surface area contributed by atoms with E-state index in [0.29, 0.717) is 23.6 Å². The van der Waals surface area contributed by atoms with Crippen LogP contribution >= 0.6 is 0 Å². The van der Waals surface area contributed by atoms with Crippen molar-refractivity contribution in [2.45, 2.75) is 45.1 Å². The minimum atomic E-state index is -0.758. The summed E-state index contributed by atoms with van der Waals surface area (Å²) in [7, 11) is 1.74. The number of pyridine rings is 1. The molecule has 2 aliphatic carbocycles. The van der Waals surface area contributed by atoms with Crippen LogP contribution in [0.15, 0.2) is 42.6 Å². The first-order valence-corrected chi connectivity index (χ1v) is 12.4. The number of benzene rings is 2. The Labute approximate surface area is 213 Å². The Hall–Kier alpha value is -4.14. The van der Waals surface area contributed by atoms with E-state index in [0.717, 1.165) is 51.8 Å². The third-order valence-electron chi connectivity index (χ3n) is 7.55. The summed E-state index contributed by atoms with van der Waals surface area (Å²) in [5.74, 6) is -0.0175. The topological polar surface area (TPSA) is 106 Å². The molecular formula is C28H27FN6O2. The molecule has 0 radical (unpaired) electrons. The quantitative estimate of drug-likeness (QED) is 0.386. The minimum absolute atomic E-state index is 0.0360. The van der Waals surface area contributed by atoms with Gasteiger partial charge in [-0.2, -0.15) is 4.80 Å². The van der Waals surface area contributed by atoms with Crippen LogP contribution in [0.1, 0.15) is 52.6 Å². The smallest absolute Gasteiger partial charge is 0.307 e. The van der Waals surface area contributed by atoms with Gasteiger partial charge in [-0.1, -0.05) is 12.1 Å². The van der Waals surface area contributed by atoms with Gasteiger partial charge in [0.15, 0.2) is 0 Å². The number of aromatic nitrogens is 5. The first-order chi connectivity index (χ1) is 17.8. The van der Waals surface area contributed by atoms with Crippen LogP contribution in [0.2, 0.25) is 0 Å². The molecule has 0 amide bonds. The second-order valence-corrected chi connectivity index (χ2v) is 10.1. The lowest BCUT2D eigenvalue weighted by Crippen LogP contribution is -2.10. The van der Waals surface area contributed by atoms with E-state index in [1.807, 2.05) is 18.2 Å². The Bertz CT molecular complexity index is 1510. The number of anilines is 1.